The maximum Gasteiger partial charge on any atom is 0.306 e. The van der Waals surface area contributed by atoms with Crippen molar-refractivity contribution < 1.29 is 23.4 Å². The van der Waals surface area contributed by atoms with Crippen molar-refractivity contribution in [3.05, 3.63) is 58.1 Å². The van der Waals surface area contributed by atoms with Crippen LogP contribution in [0.25, 0.3) is 0 Å². The van der Waals surface area contributed by atoms with Crippen LogP contribution < -0.4 is 9.75 Å². The van der Waals surface area contributed by atoms with Gasteiger partial charge in [0.2, 0.25) is 0 Å². The molecule has 0 saturated carbocycles. The van der Waals surface area contributed by atoms with Crippen LogP contribution in [0.5, 0.6) is 5.75 Å². The van der Waals surface area contributed by atoms with E-state index in [2.05, 4.69) is 5.10 Å². The van der Waals surface area contributed by atoms with Crippen LogP contribution in [0.15, 0.2) is 35.4 Å². The molecule has 2 atom stereocenters. The lowest BCUT2D eigenvalue weighted by atomic mass is 10.0. The number of rotatable bonds is 7. The molecule has 30 heavy (non-hydrogen) atoms. The molecule has 5 nitrogen and oxygen atoms in total. The highest BCUT2D eigenvalue weighted by atomic mass is 35.5. The molecule has 1 heterocycles. The van der Waals surface area contributed by atoms with E-state index >= 15 is 0 Å². The number of carboxylic acids is 1. The number of benzene rings is 2. The van der Waals surface area contributed by atoms with E-state index < -0.39 is 29.3 Å². The van der Waals surface area contributed by atoms with Gasteiger partial charge in [-0.15, -0.1) is 0 Å². The van der Waals surface area contributed by atoms with Gasteiger partial charge in [0.25, 0.3) is 0 Å². The van der Waals surface area contributed by atoms with Crippen LogP contribution in [0.2, 0.25) is 5.02 Å². The summed E-state index contributed by atoms with van der Waals surface area (Å²) in [5.41, 5.74) is 2.85. The molecule has 2 aromatic rings. The van der Waals surface area contributed by atoms with Gasteiger partial charge in [-0.2, -0.15) is 5.10 Å². The molecule has 1 aliphatic rings. The van der Waals surface area contributed by atoms with Crippen molar-refractivity contribution in [1.82, 2.24) is 0 Å². The van der Waals surface area contributed by atoms with Crippen molar-refractivity contribution in [1.29, 1.82) is 0 Å². The zero-order chi connectivity index (χ0) is 22.0. The minimum absolute atomic E-state index is 0.0189. The van der Waals surface area contributed by atoms with Gasteiger partial charge in [0.05, 0.1) is 17.6 Å². The van der Waals surface area contributed by atoms with Crippen molar-refractivity contribution >= 4 is 29.0 Å². The van der Waals surface area contributed by atoms with Crippen molar-refractivity contribution in [2.75, 3.05) is 11.6 Å². The zero-order valence-corrected chi connectivity index (χ0v) is 17.7. The molecule has 0 fully saturated rings. The molecule has 160 valence electrons. The van der Waals surface area contributed by atoms with Gasteiger partial charge in [0, 0.05) is 17.2 Å². The Kier molecular flexibility index (Phi) is 6.61. The summed E-state index contributed by atoms with van der Waals surface area (Å²) in [7, 11) is 0. The Morgan fingerprint density at radius 3 is 2.57 bits per heavy atom. The van der Waals surface area contributed by atoms with Crippen LogP contribution in [0.4, 0.5) is 14.5 Å². The molecule has 1 aliphatic heterocycles. The highest BCUT2D eigenvalue weighted by molar-refractivity contribution is 6.31. The molecule has 0 aliphatic carbocycles. The second-order valence-electron chi connectivity index (χ2n) is 7.61. The number of aryl methyl sites for hydroxylation is 1. The van der Waals surface area contributed by atoms with Gasteiger partial charge in [-0.3, -0.25) is 9.80 Å². The summed E-state index contributed by atoms with van der Waals surface area (Å²) < 4.78 is 34.4. The number of ether oxygens (including phenoxy) is 1. The molecular formula is C22H23ClF2N2O3. The lowest BCUT2D eigenvalue weighted by Crippen LogP contribution is -2.32. The van der Waals surface area contributed by atoms with Crippen molar-refractivity contribution in [3.8, 4) is 5.75 Å². The lowest BCUT2D eigenvalue weighted by Gasteiger charge is -2.24. The van der Waals surface area contributed by atoms with E-state index in [4.69, 9.17) is 21.4 Å². The molecule has 2 aromatic carbocycles. The van der Waals surface area contributed by atoms with Gasteiger partial charge in [0.15, 0.2) is 17.4 Å². The van der Waals surface area contributed by atoms with Gasteiger partial charge in [-0.05, 0) is 55.7 Å². The Balaban J connectivity index is 1.74. The van der Waals surface area contributed by atoms with E-state index in [1.807, 2.05) is 26.0 Å². The Morgan fingerprint density at radius 1 is 1.30 bits per heavy atom. The molecule has 3 rings (SSSR count). The number of hydrogen-bond acceptors (Lipinski definition) is 4. The van der Waals surface area contributed by atoms with Crippen LogP contribution in [0.3, 0.4) is 0 Å². The number of carboxylic acid groups (broad SMARTS) is 1. The minimum Gasteiger partial charge on any atom is -0.485 e. The summed E-state index contributed by atoms with van der Waals surface area (Å²) in [6.45, 7) is 5.28. The number of carbonyl (C=O) groups is 1. The third-order valence-electron chi connectivity index (χ3n) is 5.02. The first-order chi connectivity index (χ1) is 14.2. The Hall–Kier alpha value is -2.67. The monoisotopic (exact) mass is 436 g/mol. The van der Waals surface area contributed by atoms with Crippen LogP contribution in [-0.4, -0.2) is 29.4 Å². The van der Waals surface area contributed by atoms with E-state index in [1.165, 1.54) is 6.92 Å². The third-order valence-corrected chi connectivity index (χ3v) is 5.42. The number of hydrogen-bond donors (Lipinski definition) is 1. The minimum atomic E-state index is -1.02. The van der Waals surface area contributed by atoms with Crippen LogP contribution >= 0.6 is 11.6 Å². The van der Waals surface area contributed by atoms with Gasteiger partial charge in [0.1, 0.15) is 6.61 Å². The summed E-state index contributed by atoms with van der Waals surface area (Å²) in [6.07, 6.45) is 0.615. The van der Waals surface area contributed by atoms with E-state index in [0.29, 0.717) is 11.4 Å². The second kappa shape index (κ2) is 9.00. The normalized spacial score (nSPS) is 17.1. The maximum absolute atomic E-state index is 14.5. The molecule has 0 radical (unpaired) electrons. The van der Waals surface area contributed by atoms with Gasteiger partial charge >= 0.3 is 5.97 Å². The van der Waals surface area contributed by atoms with Gasteiger partial charge in [-0.1, -0.05) is 24.6 Å². The van der Waals surface area contributed by atoms with Crippen molar-refractivity contribution in [3.63, 3.8) is 0 Å². The molecule has 2 unspecified atom stereocenters. The molecule has 0 saturated heterocycles. The number of anilines is 1. The zero-order valence-electron chi connectivity index (χ0n) is 17.0. The average molecular weight is 437 g/mol. The number of aliphatic carboxylic acids is 1. The highest BCUT2D eigenvalue weighted by Crippen LogP contribution is 2.30. The first-order valence-electron chi connectivity index (χ1n) is 9.58. The molecule has 0 amide bonds. The first kappa shape index (κ1) is 22.0. The fraction of sp³-hybridized carbons (Fsp3) is 0.364. The fourth-order valence-electron chi connectivity index (χ4n) is 3.34. The summed E-state index contributed by atoms with van der Waals surface area (Å²) >= 11 is 6.22. The number of halogens is 3. The molecule has 0 aromatic heterocycles. The molecule has 1 N–H and O–H groups in total. The van der Waals surface area contributed by atoms with Crippen LogP contribution in [-0.2, 0) is 11.2 Å². The SMILES string of the molecule is CC1=NN(c2ccc(C)c(Cl)c2)C(COc2c(F)cc(CC(C)C(=O)O)cc2F)C1. The van der Waals surface area contributed by atoms with E-state index in [0.717, 1.165) is 29.1 Å². The van der Waals surface area contributed by atoms with Gasteiger partial charge < -0.3 is 9.84 Å². The van der Waals surface area contributed by atoms with E-state index in [-0.39, 0.29) is 24.6 Å². The molecule has 0 spiro atoms. The van der Waals surface area contributed by atoms with Crippen LogP contribution in [0.1, 0.15) is 31.4 Å². The summed E-state index contributed by atoms with van der Waals surface area (Å²) in [5, 5.41) is 15.8. The molecule has 0 bridgehead atoms. The summed E-state index contributed by atoms with van der Waals surface area (Å²) in [6, 6.07) is 7.56. The lowest BCUT2D eigenvalue weighted by molar-refractivity contribution is -0.141. The average Bonchev–Trinajstić information content (AvgIpc) is 3.03. The van der Waals surface area contributed by atoms with Crippen molar-refractivity contribution in [2.24, 2.45) is 11.0 Å². The Bertz CT molecular complexity index is 973. The molecular weight excluding hydrogens is 414 g/mol. The smallest absolute Gasteiger partial charge is 0.306 e. The van der Waals surface area contributed by atoms with Crippen molar-refractivity contribution in [2.45, 2.75) is 39.7 Å². The number of hydrazone groups is 1. The predicted molar refractivity (Wildman–Crippen MR) is 113 cm³/mol. The Labute approximate surface area is 178 Å². The summed E-state index contributed by atoms with van der Waals surface area (Å²) in [5.74, 6) is -3.97. The highest BCUT2D eigenvalue weighted by Gasteiger charge is 2.28. The maximum atomic E-state index is 14.5. The topological polar surface area (TPSA) is 62.1 Å². The predicted octanol–water partition coefficient (Wildman–Crippen LogP) is 5.22. The van der Waals surface area contributed by atoms with Crippen LogP contribution in [0, 0.1) is 24.5 Å². The second-order valence-corrected chi connectivity index (χ2v) is 8.02. The van der Waals surface area contributed by atoms with Gasteiger partial charge in [-0.25, -0.2) is 8.78 Å². The quantitative estimate of drug-likeness (QED) is 0.646. The number of nitrogens with zero attached hydrogens (tertiary/aromatic N) is 2. The summed E-state index contributed by atoms with van der Waals surface area (Å²) in [4.78, 5) is 11.0. The fourth-order valence-corrected chi connectivity index (χ4v) is 3.52. The standard InChI is InChI=1S/C22H23ClF2N2O3/c1-12-4-5-16(10-18(12)23)27-17(7-14(3)26-27)11-30-21-19(24)8-15(9-20(21)25)6-13(2)22(28)29/h4-5,8-10,13,17H,6-7,11H2,1-3H3,(H,28,29). The largest absolute Gasteiger partial charge is 0.485 e. The first-order valence-corrected chi connectivity index (χ1v) is 9.96. The molecule has 8 heteroatoms. The van der Waals surface area contributed by atoms with E-state index in [9.17, 15) is 13.6 Å². The third kappa shape index (κ3) is 4.90. The van der Waals surface area contributed by atoms with E-state index in [1.54, 1.807) is 11.1 Å². The Morgan fingerprint density at radius 2 is 1.97 bits per heavy atom.